The number of nitrogens with one attached hydrogen (secondary N) is 1. The van der Waals surface area contributed by atoms with Crippen LogP contribution in [0.4, 0.5) is 5.69 Å². The van der Waals surface area contributed by atoms with Gasteiger partial charge in [0.15, 0.2) is 0 Å². The standard InChI is InChI=1S/C26H26ClN3O3/c1-29(17-31)15-21-10-9-18(13-24(21)30(2)16-20-6-3-7-23(20)27)26(32)28-14-19-5-4-8-25-22(19)11-12-33-25/h3-13,17,20H,14-16H2,1-2H3,(H,28,32). The van der Waals surface area contributed by atoms with E-state index in [1.54, 1.807) is 24.3 Å². The lowest BCUT2D eigenvalue weighted by Crippen LogP contribution is -2.28. The van der Waals surface area contributed by atoms with Gasteiger partial charge in [0, 0.05) is 61.3 Å². The van der Waals surface area contributed by atoms with Crippen LogP contribution in [-0.4, -0.2) is 37.9 Å². The third-order valence-electron chi connectivity index (χ3n) is 5.81. The Bertz CT molecular complexity index is 1230. The molecule has 0 spiro atoms. The zero-order valence-electron chi connectivity index (χ0n) is 18.6. The van der Waals surface area contributed by atoms with Gasteiger partial charge < -0.3 is 19.5 Å². The van der Waals surface area contributed by atoms with Crippen LogP contribution in [0.3, 0.4) is 0 Å². The Hall–Kier alpha value is -3.51. The molecule has 1 unspecified atom stereocenters. The van der Waals surface area contributed by atoms with Crippen LogP contribution in [0.15, 0.2) is 76.4 Å². The van der Waals surface area contributed by atoms with Crippen LogP contribution in [0.2, 0.25) is 0 Å². The molecule has 2 aromatic carbocycles. The van der Waals surface area contributed by atoms with Crippen molar-refractivity contribution in [2.24, 2.45) is 5.92 Å². The van der Waals surface area contributed by atoms with Crippen LogP contribution in [0, 0.1) is 5.92 Å². The molecule has 6 nitrogen and oxygen atoms in total. The highest BCUT2D eigenvalue weighted by Gasteiger charge is 2.19. The van der Waals surface area contributed by atoms with Gasteiger partial charge in [0.2, 0.25) is 6.41 Å². The number of rotatable bonds is 9. The summed E-state index contributed by atoms with van der Waals surface area (Å²) in [5.74, 6) is -0.0691. The summed E-state index contributed by atoms with van der Waals surface area (Å²) in [5, 5.41) is 4.78. The fourth-order valence-corrected chi connectivity index (χ4v) is 4.24. The fraction of sp³-hybridized carbons (Fsp3) is 0.231. The van der Waals surface area contributed by atoms with Gasteiger partial charge in [-0.15, -0.1) is 0 Å². The first-order valence-electron chi connectivity index (χ1n) is 10.7. The first kappa shape index (κ1) is 22.7. The van der Waals surface area contributed by atoms with Crippen LogP contribution >= 0.6 is 11.6 Å². The first-order valence-corrected chi connectivity index (χ1v) is 11.1. The molecule has 0 bridgehead atoms. The molecule has 1 aliphatic carbocycles. The number of carbonyl (C=O) groups excluding carboxylic acids is 2. The first-order chi connectivity index (χ1) is 16.0. The van der Waals surface area contributed by atoms with E-state index >= 15 is 0 Å². The van der Waals surface area contributed by atoms with E-state index in [4.69, 9.17) is 16.0 Å². The van der Waals surface area contributed by atoms with Crippen LogP contribution in [0.5, 0.6) is 0 Å². The molecular weight excluding hydrogens is 438 g/mol. The molecule has 0 aliphatic heterocycles. The minimum absolute atomic E-state index is 0.0984. The minimum atomic E-state index is -0.167. The van der Waals surface area contributed by atoms with Crippen molar-refractivity contribution in [3.63, 3.8) is 0 Å². The minimum Gasteiger partial charge on any atom is -0.464 e. The average molecular weight is 464 g/mol. The van der Waals surface area contributed by atoms with E-state index in [0.717, 1.165) is 39.2 Å². The highest BCUT2D eigenvalue weighted by molar-refractivity contribution is 6.30. The van der Waals surface area contributed by atoms with Gasteiger partial charge in [0.1, 0.15) is 5.58 Å². The van der Waals surface area contributed by atoms with E-state index in [1.807, 2.05) is 55.6 Å². The summed E-state index contributed by atoms with van der Waals surface area (Å²) in [5.41, 5.74) is 4.18. The Kier molecular flexibility index (Phi) is 6.84. The molecule has 33 heavy (non-hydrogen) atoms. The molecule has 170 valence electrons. The number of allylic oxidation sites excluding steroid dienone is 2. The third-order valence-corrected chi connectivity index (χ3v) is 6.21. The van der Waals surface area contributed by atoms with Gasteiger partial charge in [0.25, 0.3) is 5.91 Å². The summed E-state index contributed by atoms with van der Waals surface area (Å²) >= 11 is 6.32. The van der Waals surface area contributed by atoms with Crippen LogP contribution in [0.25, 0.3) is 11.0 Å². The van der Waals surface area contributed by atoms with Gasteiger partial charge in [-0.05, 0) is 41.5 Å². The van der Waals surface area contributed by atoms with Crippen molar-refractivity contribution in [3.05, 3.63) is 88.7 Å². The van der Waals surface area contributed by atoms with Gasteiger partial charge in [-0.3, -0.25) is 9.59 Å². The SMILES string of the molecule is CN(C=O)Cc1ccc(C(=O)NCc2cccc3occc23)cc1N(C)CC1C=CC=C1Cl. The molecule has 3 aromatic rings. The highest BCUT2D eigenvalue weighted by Crippen LogP contribution is 2.28. The number of anilines is 1. The van der Waals surface area contributed by atoms with Gasteiger partial charge in [-0.25, -0.2) is 0 Å². The van der Waals surface area contributed by atoms with Crippen molar-refractivity contribution in [3.8, 4) is 0 Å². The maximum atomic E-state index is 13.0. The molecule has 4 rings (SSSR count). The zero-order chi connectivity index (χ0) is 23.4. The molecular formula is C26H26ClN3O3. The lowest BCUT2D eigenvalue weighted by Gasteiger charge is -2.27. The van der Waals surface area contributed by atoms with E-state index in [2.05, 4.69) is 16.3 Å². The summed E-state index contributed by atoms with van der Waals surface area (Å²) in [6.45, 7) is 1.50. The molecule has 7 heteroatoms. The van der Waals surface area contributed by atoms with E-state index < -0.39 is 0 Å². The summed E-state index contributed by atoms with van der Waals surface area (Å²) in [6, 6.07) is 13.3. The Morgan fingerprint density at radius 3 is 2.79 bits per heavy atom. The van der Waals surface area contributed by atoms with Crippen molar-refractivity contribution in [2.45, 2.75) is 13.1 Å². The van der Waals surface area contributed by atoms with E-state index in [0.29, 0.717) is 25.2 Å². The largest absolute Gasteiger partial charge is 0.464 e. The van der Waals surface area contributed by atoms with Crippen molar-refractivity contribution in [2.75, 3.05) is 25.5 Å². The quantitative estimate of drug-likeness (QED) is 0.467. The summed E-state index contributed by atoms with van der Waals surface area (Å²) in [7, 11) is 3.70. The Balaban J connectivity index is 1.54. The van der Waals surface area contributed by atoms with Gasteiger partial charge >= 0.3 is 0 Å². The molecule has 0 saturated carbocycles. The lowest BCUT2D eigenvalue weighted by atomic mass is 10.0. The molecule has 0 saturated heterocycles. The second-order valence-electron chi connectivity index (χ2n) is 8.22. The lowest BCUT2D eigenvalue weighted by molar-refractivity contribution is -0.117. The number of nitrogens with zero attached hydrogens (tertiary/aromatic N) is 2. The number of hydrogen-bond acceptors (Lipinski definition) is 4. The fourth-order valence-electron chi connectivity index (χ4n) is 4.03. The molecule has 1 atom stereocenters. The topological polar surface area (TPSA) is 65.8 Å². The molecule has 1 heterocycles. The predicted molar refractivity (Wildman–Crippen MR) is 131 cm³/mol. The molecule has 2 amide bonds. The number of halogens is 1. The number of carbonyl (C=O) groups is 2. The smallest absolute Gasteiger partial charge is 0.251 e. The van der Waals surface area contributed by atoms with Crippen molar-refractivity contribution in [1.82, 2.24) is 10.2 Å². The summed E-state index contributed by atoms with van der Waals surface area (Å²) < 4.78 is 5.44. The summed E-state index contributed by atoms with van der Waals surface area (Å²) in [6.07, 6.45) is 8.34. The van der Waals surface area contributed by atoms with Crippen LogP contribution < -0.4 is 10.2 Å². The monoisotopic (exact) mass is 463 g/mol. The molecule has 1 aromatic heterocycles. The van der Waals surface area contributed by atoms with E-state index in [9.17, 15) is 9.59 Å². The Morgan fingerprint density at radius 1 is 1.18 bits per heavy atom. The number of amides is 2. The molecule has 0 fully saturated rings. The maximum absolute atomic E-state index is 13.0. The van der Waals surface area contributed by atoms with E-state index in [1.165, 1.54) is 0 Å². The second-order valence-corrected chi connectivity index (χ2v) is 8.66. The zero-order valence-corrected chi connectivity index (χ0v) is 19.4. The van der Waals surface area contributed by atoms with Gasteiger partial charge in [-0.1, -0.05) is 42.0 Å². The average Bonchev–Trinajstić information content (AvgIpc) is 3.46. The van der Waals surface area contributed by atoms with Crippen LogP contribution in [-0.2, 0) is 17.9 Å². The third kappa shape index (κ3) is 5.12. The summed E-state index contributed by atoms with van der Waals surface area (Å²) in [4.78, 5) is 27.8. The second kappa shape index (κ2) is 9.96. The molecule has 1 aliphatic rings. The number of furan rings is 1. The number of hydrogen-bond donors (Lipinski definition) is 1. The maximum Gasteiger partial charge on any atom is 0.251 e. The normalized spacial score (nSPS) is 14.9. The molecule has 1 N–H and O–H groups in total. The van der Waals surface area contributed by atoms with Crippen LogP contribution in [0.1, 0.15) is 21.5 Å². The van der Waals surface area contributed by atoms with Gasteiger partial charge in [0.05, 0.1) is 6.26 Å². The van der Waals surface area contributed by atoms with Crippen molar-refractivity contribution < 1.29 is 14.0 Å². The molecule has 0 radical (unpaired) electrons. The van der Waals surface area contributed by atoms with Crippen molar-refractivity contribution >= 4 is 40.6 Å². The number of benzene rings is 2. The predicted octanol–water partition coefficient (Wildman–Crippen LogP) is 4.70. The Labute approximate surface area is 198 Å². The Morgan fingerprint density at radius 2 is 2.03 bits per heavy atom. The van der Waals surface area contributed by atoms with Crippen molar-refractivity contribution in [1.29, 1.82) is 0 Å². The highest BCUT2D eigenvalue weighted by atomic mass is 35.5. The van der Waals surface area contributed by atoms with E-state index in [-0.39, 0.29) is 11.8 Å². The van der Waals surface area contributed by atoms with Gasteiger partial charge in [-0.2, -0.15) is 0 Å². The number of fused-ring (bicyclic) bond motifs is 1.